The van der Waals surface area contributed by atoms with Crippen LogP contribution in [0.15, 0.2) is 53.4 Å². The minimum atomic E-state index is -5.33. The number of halogens is 5. The molecule has 5 rings (SSSR count). The van der Waals surface area contributed by atoms with Crippen molar-refractivity contribution in [2.75, 3.05) is 11.4 Å². The van der Waals surface area contributed by atoms with E-state index in [1.165, 1.54) is 29.2 Å². The first-order valence-corrected chi connectivity index (χ1v) is 14.6. The Balaban J connectivity index is 1.47. The molecule has 1 saturated carbocycles. The predicted octanol–water partition coefficient (Wildman–Crippen LogP) is 5.73. The van der Waals surface area contributed by atoms with E-state index in [0.29, 0.717) is 15.8 Å². The minimum Gasteiger partial charge on any atom is -0.478 e. The van der Waals surface area contributed by atoms with Crippen LogP contribution in [0.1, 0.15) is 59.5 Å². The van der Waals surface area contributed by atoms with Crippen molar-refractivity contribution >= 4 is 27.6 Å². The van der Waals surface area contributed by atoms with Crippen molar-refractivity contribution in [3.63, 3.8) is 0 Å². The number of hydrogen-bond donors (Lipinski definition) is 1. The van der Waals surface area contributed by atoms with E-state index in [9.17, 15) is 45.1 Å². The highest BCUT2D eigenvalue weighted by molar-refractivity contribution is 7.89. The van der Waals surface area contributed by atoms with Gasteiger partial charge in [0.1, 0.15) is 6.04 Å². The van der Waals surface area contributed by atoms with Gasteiger partial charge < -0.3 is 10.0 Å². The Bertz CT molecular complexity index is 1610. The molecule has 0 spiro atoms. The summed E-state index contributed by atoms with van der Waals surface area (Å²) < 4.78 is 96.7. The van der Waals surface area contributed by atoms with Gasteiger partial charge >= 0.3 is 5.97 Å². The molecule has 1 amide bonds. The molecule has 0 aromatic heterocycles. The van der Waals surface area contributed by atoms with Gasteiger partial charge in [-0.3, -0.25) is 4.79 Å². The van der Waals surface area contributed by atoms with Crippen LogP contribution in [0.3, 0.4) is 0 Å². The van der Waals surface area contributed by atoms with Gasteiger partial charge in [-0.15, -0.1) is 0 Å². The number of carboxylic acids is 1. The number of carboxylic acid groups (broad SMARTS) is 1. The molecule has 0 radical (unpaired) electrons. The Kier molecular flexibility index (Phi) is 8.08. The van der Waals surface area contributed by atoms with Crippen LogP contribution in [0, 0.1) is 29.1 Å². The zero-order valence-corrected chi connectivity index (χ0v) is 22.8. The first kappa shape index (κ1) is 29.6. The third kappa shape index (κ3) is 5.26. The Labute approximate surface area is 238 Å². The Morgan fingerprint density at radius 2 is 1.36 bits per heavy atom. The van der Waals surface area contributed by atoms with Gasteiger partial charge in [-0.2, -0.15) is 4.31 Å². The standard InChI is InChI=1S/C29H25F5N2O5S/c30-22-23(31)25(33)27(26(34)24(22)32)42(40,41)36-14-13-21(36)28(37)35(20-11-9-19(10-12-20)29(38)39)15-16-5-7-18(8-6-16)17-3-1-2-4-17/h5-12,17,21H,1-4,13-15H2,(H,38,39)/t21-/m1/s1. The van der Waals surface area contributed by atoms with Crippen molar-refractivity contribution in [1.82, 2.24) is 4.31 Å². The zero-order valence-electron chi connectivity index (χ0n) is 22.0. The third-order valence-electron chi connectivity index (χ3n) is 7.83. The molecule has 1 saturated heterocycles. The van der Waals surface area contributed by atoms with Crippen molar-refractivity contribution in [1.29, 1.82) is 0 Å². The lowest BCUT2D eigenvalue weighted by Crippen LogP contribution is -2.59. The summed E-state index contributed by atoms with van der Waals surface area (Å²) in [5.74, 6) is -14.0. The number of carbonyl (C=O) groups excluding carboxylic acids is 1. The first-order valence-electron chi connectivity index (χ1n) is 13.2. The number of benzene rings is 3. The second-order valence-corrected chi connectivity index (χ2v) is 12.1. The van der Waals surface area contributed by atoms with Gasteiger partial charge in [-0.05, 0) is 60.6 Å². The number of aromatic carboxylic acids is 1. The fraction of sp³-hybridized carbons (Fsp3) is 0.310. The minimum absolute atomic E-state index is 0.0637. The van der Waals surface area contributed by atoms with E-state index in [1.54, 1.807) is 0 Å². The van der Waals surface area contributed by atoms with Crippen LogP contribution in [0.4, 0.5) is 27.6 Å². The normalized spacial score (nSPS) is 17.7. The van der Waals surface area contributed by atoms with E-state index in [4.69, 9.17) is 0 Å². The Morgan fingerprint density at radius 3 is 1.86 bits per heavy atom. The maximum absolute atomic E-state index is 14.4. The second-order valence-electron chi connectivity index (χ2n) is 10.3. The molecular weight excluding hydrogens is 583 g/mol. The summed E-state index contributed by atoms with van der Waals surface area (Å²) in [5.41, 5.74) is 1.97. The molecule has 1 aliphatic carbocycles. The van der Waals surface area contributed by atoms with E-state index < -0.39 is 68.5 Å². The molecule has 1 aliphatic heterocycles. The topological polar surface area (TPSA) is 95.0 Å². The fourth-order valence-electron chi connectivity index (χ4n) is 5.42. The average Bonchev–Trinajstić information content (AvgIpc) is 3.48. The molecule has 42 heavy (non-hydrogen) atoms. The van der Waals surface area contributed by atoms with E-state index in [2.05, 4.69) is 0 Å². The van der Waals surface area contributed by atoms with E-state index >= 15 is 0 Å². The molecule has 2 fully saturated rings. The number of rotatable bonds is 8. The summed E-state index contributed by atoms with van der Waals surface area (Å²) >= 11 is 0. The second kappa shape index (κ2) is 11.4. The highest BCUT2D eigenvalue weighted by Crippen LogP contribution is 2.36. The molecule has 13 heteroatoms. The van der Waals surface area contributed by atoms with Crippen LogP contribution in [-0.4, -0.2) is 42.3 Å². The van der Waals surface area contributed by atoms with Gasteiger partial charge in [-0.1, -0.05) is 37.1 Å². The van der Waals surface area contributed by atoms with Crippen molar-refractivity contribution in [2.45, 2.75) is 55.5 Å². The molecule has 1 N–H and O–H groups in total. The van der Waals surface area contributed by atoms with E-state index in [0.717, 1.165) is 31.2 Å². The fourth-order valence-corrected chi connectivity index (χ4v) is 7.17. The lowest BCUT2D eigenvalue weighted by atomic mass is 9.96. The molecule has 1 atom stereocenters. The number of carbonyl (C=O) groups is 2. The number of hydrogen-bond acceptors (Lipinski definition) is 4. The van der Waals surface area contributed by atoms with Crippen LogP contribution in [-0.2, 0) is 21.4 Å². The van der Waals surface area contributed by atoms with Gasteiger partial charge in [0.05, 0.1) is 12.1 Å². The van der Waals surface area contributed by atoms with Crippen molar-refractivity contribution in [2.24, 2.45) is 0 Å². The number of sulfonamides is 1. The van der Waals surface area contributed by atoms with Gasteiger partial charge in [0.2, 0.25) is 21.7 Å². The predicted molar refractivity (Wildman–Crippen MR) is 141 cm³/mol. The molecule has 7 nitrogen and oxygen atoms in total. The highest BCUT2D eigenvalue weighted by Gasteiger charge is 2.48. The maximum atomic E-state index is 14.4. The molecule has 1 heterocycles. The van der Waals surface area contributed by atoms with Gasteiger partial charge in [0.15, 0.2) is 28.2 Å². The monoisotopic (exact) mass is 608 g/mol. The lowest BCUT2D eigenvalue weighted by molar-refractivity contribution is -0.125. The summed E-state index contributed by atoms with van der Waals surface area (Å²) in [4.78, 5) is 24.3. The summed E-state index contributed by atoms with van der Waals surface area (Å²) in [6, 6.07) is 11.3. The molecule has 0 unspecified atom stereocenters. The molecule has 2 aliphatic rings. The zero-order chi connectivity index (χ0) is 30.3. The molecule has 3 aromatic carbocycles. The molecule has 3 aromatic rings. The lowest BCUT2D eigenvalue weighted by Gasteiger charge is -2.41. The largest absolute Gasteiger partial charge is 0.478 e. The van der Waals surface area contributed by atoms with Crippen LogP contribution in [0.2, 0.25) is 0 Å². The van der Waals surface area contributed by atoms with Gasteiger partial charge in [-0.25, -0.2) is 35.2 Å². The molecule has 222 valence electrons. The van der Waals surface area contributed by atoms with Gasteiger partial charge in [0.25, 0.3) is 0 Å². The van der Waals surface area contributed by atoms with Crippen LogP contribution in [0.5, 0.6) is 0 Å². The SMILES string of the molecule is O=C(O)c1ccc(N(Cc2ccc(C3CCCC3)cc2)C(=O)[C@H]2CCN2S(=O)(=O)c2c(F)c(F)c(F)c(F)c2F)cc1. The van der Waals surface area contributed by atoms with Crippen molar-refractivity contribution < 1.29 is 45.1 Å². The van der Waals surface area contributed by atoms with Crippen LogP contribution >= 0.6 is 0 Å². The Hall–Kier alpha value is -3.84. The number of nitrogens with zero attached hydrogens (tertiary/aromatic N) is 2. The smallest absolute Gasteiger partial charge is 0.335 e. The molecular formula is C29H25F5N2O5S. The summed E-state index contributed by atoms with van der Waals surface area (Å²) in [6.07, 6.45) is 4.36. The summed E-state index contributed by atoms with van der Waals surface area (Å²) in [7, 11) is -5.33. The first-order chi connectivity index (χ1) is 19.9. The third-order valence-corrected chi connectivity index (χ3v) is 9.76. The molecule has 0 bridgehead atoms. The van der Waals surface area contributed by atoms with E-state index in [1.807, 2.05) is 24.3 Å². The highest BCUT2D eigenvalue weighted by atomic mass is 32.2. The summed E-state index contributed by atoms with van der Waals surface area (Å²) in [5, 5.41) is 9.25. The van der Waals surface area contributed by atoms with Crippen molar-refractivity contribution in [3.05, 3.63) is 94.3 Å². The number of anilines is 1. The van der Waals surface area contributed by atoms with Crippen molar-refractivity contribution in [3.8, 4) is 0 Å². The van der Waals surface area contributed by atoms with Crippen LogP contribution < -0.4 is 4.90 Å². The van der Waals surface area contributed by atoms with Gasteiger partial charge in [0, 0.05) is 12.2 Å². The van der Waals surface area contributed by atoms with E-state index in [-0.39, 0.29) is 24.2 Å². The number of amides is 1. The maximum Gasteiger partial charge on any atom is 0.335 e. The summed E-state index contributed by atoms with van der Waals surface area (Å²) in [6.45, 7) is -0.469. The quantitative estimate of drug-likeness (QED) is 0.200. The Morgan fingerprint density at radius 1 is 0.810 bits per heavy atom. The van der Waals surface area contributed by atoms with Crippen LogP contribution in [0.25, 0.3) is 0 Å². The average molecular weight is 609 g/mol.